The number of ether oxygens (including phenoxy) is 2. The molecule has 0 aliphatic carbocycles. The highest BCUT2D eigenvalue weighted by Gasteiger charge is 2.11. The van der Waals surface area contributed by atoms with Crippen LogP contribution in [0.25, 0.3) is 0 Å². The summed E-state index contributed by atoms with van der Waals surface area (Å²) in [7, 11) is 0. The summed E-state index contributed by atoms with van der Waals surface area (Å²) in [6, 6.07) is 6.69. The van der Waals surface area contributed by atoms with Crippen LogP contribution < -0.4 is 10.6 Å². The van der Waals surface area contributed by atoms with Gasteiger partial charge >= 0.3 is 6.09 Å². The third kappa shape index (κ3) is 5.88. The van der Waals surface area contributed by atoms with E-state index in [1.54, 1.807) is 31.2 Å². The topological polar surface area (TPSA) is 79.9 Å². The molecule has 0 saturated carbocycles. The Labute approximate surface area is 135 Å². The summed E-state index contributed by atoms with van der Waals surface area (Å²) in [6.45, 7) is 6.79. The number of hydrogen-bond acceptors (Lipinski definition) is 5. The van der Waals surface area contributed by atoms with Crippen LogP contribution in [0.5, 0.6) is 0 Å². The highest BCUT2D eigenvalue weighted by Crippen LogP contribution is 2.10. The molecule has 0 radical (unpaired) electrons. The molecule has 2 amide bonds. The van der Waals surface area contributed by atoms with E-state index in [2.05, 4.69) is 15.5 Å². The minimum absolute atomic E-state index is 0.124. The highest BCUT2D eigenvalue weighted by atomic mass is 16.5. The van der Waals surface area contributed by atoms with E-state index in [4.69, 9.17) is 9.47 Å². The molecule has 1 fully saturated rings. The summed E-state index contributed by atoms with van der Waals surface area (Å²) in [5, 5.41) is 5.48. The molecule has 2 rings (SSSR count). The molecule has 0 bridgehead atoms. The van der Waals surface area contributed by atoms with Crippen molar-refractivity contribution in [1.29, 1.82) is 0 Å². The fourth-order valence-corrected chi connectivity index (χ4v) is 2.24. The molecule has 0 spiro atoms. The van der Waals surface area contributed by atoms with Gasteiger partial charge in [0.05, 0.1) is 19.8 Å². The average molecular weight is 321 g/mol. The monoisotopic (exact) mass is 321 g/mol. The SMILES string of the molecule is CCOC(=O)Nc1ccc(C(=O)NCCN2CCOCC2)cc1. The first-order chi connectivity index (χ1) is 11.2. The third-order valence-corrected chi connectivity index (χ3v) is 3.49. The molecule has 1 heterocycles. The van der Waals surface area contributed by atoms with Crippen molar-refractivity contribution < 1.29 is 19.1 Å². The lowest BCUT2D eigenvalue weighted by atomic mass is 10.2. The van der Waals surface area contributed by atoms with Crippen molar-refractivity contribution in [1.82, 2.24) is 10.2 Å². The highest BCUT2D eigenvalue weighted by molar-refractivity contribution is 5.95. The molecule has 1 aromatic carbocycles. The third-order valence-electron chi connectivity index (χ3n) is 3.49. The summed E-state index contributed by atoms with van der Waals surface area (Å²) in [6.07, 6.45) is -0.504. The summed E-state index contributed by atoms with van der Waals surface area (Å²) >= 11 is 0. The Bertz CT molecular complexity index is 513. The predicted molar refractivity (Wildman–Crippen MR) is 86.7 cm³/mol. The van der Waals surface area contributed by atoms with Crippen LogP contribution in [0.15, 0.2) is 24.3 Å². The zero-order valence-electron chi connectivity index (χ0n) is 13.3. The Morgan fingerprint density at radius 2 is 1.91 bits per heavy atom. The lowest BCUT2D eigenvalue weighted by Crippen LogP contribution is -2.41. The number of morpholine rings is 1. The molecule has 7 heteroatoms. The molecule has 1 aromatic rings. The minimum atomic E-state index is -0.504. The molecule has 7 nitrogen and oxygen atoms in total. The number of benzene rings is 1. The Morgan fingerprint density at radius 1 is 1.22 bits per heavy atom. The summed E-state index contributed by atoms with van der Waals surface area (Å²) in [5.41, 5.74) is 1.15. The van der Waals surface area contributed by atoms with Gasteiger partial charge in [0.15, 0.2) is 0 Å². The summed E-state index contributed by atoms with van der Waals surface area (Å²) in [4.78, 5) is 25.6. The molecular weight excluding hydrogens is 298 g/mol. The van der Waals surface area contributed by atoms with E-state index in [0.717, 1.165) is 32.8 Å². The number of rotatable bonds is 6. The Kier molecular flexibility index (Phi) is 6.83. The van der Waals surface area contributed by atoms with Crippen molar-refractivity contribution in [2.75, 3.05) is 51.3 Å². The van der Waals surface area contributed by atoms with Crippen LogP contribution in [0, 0.1) is 0 Å². The standard InChI is InChI=1S/C16H23N3O4/c1-2-23-16(21)18-14-5-3-13(4-6-14)15(20)17-7-8-19-9-11-22-12-10-19/h3-6H,2,7-12H2,1H3,(H,17,20)(H,18,21). The quantitative estimate of drug-likeness (QED) is 0.826. The largest absolute Gasteiger partial charge is 0.450 e. The zero-order valence-corrected chi connectivity index (χ0v) is 13.3. The fourth-order valence-electron chi connectivity index (χ4n) is 2.24. The minimum Gasteiger partial charge on any atom is -0.450 e. The van der Waals surface area contributed by atoms with Gasteiger partial charge in [-0.05, 0) is 31.2 Å². The van der Waals surface area contributed by atoms with Crippen molar-refractivity contribution >= 4 is 17.7 Å². The molecule has 0 aromatic heterocycles. The maximum Gasteiger partial charge on any atom is 0.411 e. The number of anilines is 1. The second kappa shape index (κ2) is 9.12. The van der Waals surface area contributed by atoms with Crippen LogP contribution >= 0.6 is 0 Å². The lowest BCUT2D eigenvalue weighted by molar-refractivity contribution is 0.0383. The number of amides is 2. The maximum atomic E-state index is 12.1. The first-order valence-electron chi connectivity index (χ1n) is 7.81. The van der Waals surface area contributed by atoms with Crippen molar-refractivity contribution in [2.45, 2.75) is 6.92 Å². The molecule has 0 unspecified atom stereocenters. The van der Waals surface area contributed by atoms with E-state index in [-0.39, 0.29) is 5.91 Å². The van der Waals surface area contributed by atoms with Crippen LogP contribution in [-0.2, 0) is 9.47 Å². The first kappa shape index (κ1) is 17.2. The smallest absolute Gasteiger partial charge is 0.411 e. The molecule has 23 heavy (non-hydrogen) atoms. The van der Waals surface area contributed by atoms with Crippen LogP contribution in [0.2, 0.25) is 0 Å². The van der Waals surface area contributed by atoms with Crippen molar-refractivity contribution in [3.63, 3.8) is 0 Å². The van der Waals surface area contributed by atoms with Gasteiger partial charge in [-0.3, -0.25) is 15.0 Å². The van der Waals surface area contributed by atoms with Gasteiger partial charge in [-0.1, -0.05) is 0 Å². The number of carbonyl (C=O) groups excluding carboxylic acids is 2. The van der Waals surface area contributed by atoms with E-state index in [1.165, 1.54) is 0 Å². The summed E-state index contributed by atoms with van der Waals surface area (Å²) < 4.78 is 10.1. The van der Waals surface area contributed by atoms with E-state index in [0.29, 0.717) is 24.4 Å². The Morgan fingerprint density at radius 3 is 2.57 bits per heavy atom. The van der Waals surface area contributed by atoms with Crippen molar-refractivity contribution in [2.24, 2.45) is 0 Å². The summed E-state index contributed by atoms with van der Waals surface area (Å²) in [5.74, 6) is -0.124. The van der Waals surface area contributed by atoms with Crippen molar-refractivity contribution in [3.05, 3.63) is 29.8 Å². The maximum absolute atomic E-state index is 12.1. The zero-order chi connectivity index (χ0) is 16.5. The second-order valence-corrected chi connectivity index (χ2v) is 5.13. The molecule has 0 atom stereocenters. The van der Waals surface area contributed by atoms with E-state index in [1.807, 2.05) is 0 Å². The lowest BCUT2D eigenvalue weighted by Gasteiger charge is -2.26. The number of nitrogens with zero attached hydrogens (tertiary/aromatic N) is 1. The predicted octanol–water partition coefficient (Wildman–Crippen LogP) is 1.32. The van der Waals surface area contributed by atoms with E-state index >= 15 is 0 Å². The average Bonchev–Trinajstić information content (AvgIpc) is 2.56. The molecule has 1 aliphatic rings. The van der Waals surface area contributed by atoms with Gasteiger partial charge in [-0.25, -0.2) is 4.79 Å². The van der Waals surface area contributed by atoms with Gasteiger partial charge in [0.25, 0.3) is 5.91 Å². The van der Waals surface area contributed by atoms with Gasteiger partial charge in [0, 0.05) is 37.4 Å². The van der Waals surface area contributed by atoms with E-state index in [9.17, 15) is 9.59 Å². The van der Waals surface area contributed by atoms with Gasteiger partial charge < -0.3 is 14.8 Å². The van der Waals surface area contributed by atoms with Gasteiger partial charge in [-0.15, -0.1) is 0 Å². The number of nitrogens with one attached hydrogen (secondary N) is 2. The molecule has 1 aliphatic heterocycles. The number of carbonyl (C=O) groups is 2. The molecule has 1 saturated heterocycles. The Balaban J connectivity index is 1.74. The Hall–Kier alpha value is -2.12. The second-order valence-electron chi connectivity index (χ2n) is 5.13. The molecule has 2 N–H and O–H groups in total. The fraction of sp³-hybridized carbons (Fsp3) is 0.500. The van der Waals surface area contributed by atoms with Gasteiger partial charge in [0.1, 0.15) is 0 Å². The number of hydrogen-bond donors (Lipinski definition) is 2. The van der Waals surface area contributed by atoms with Crippen LogP contribution in [0.1, 0.15) is 17.3 Å². The van der Waals surface area contributed by atoms with Gasteiger partial charge in [0.2, 0.25) is 0 Å². The molecular formula is C16H23N3O4. The van der Waals surface area contributed by atoms with E-state index < -0.39 is 6.09 Å². The van der Waals surface area contributed by atoms with Crippen LogP contribution in [0.4, 0.5) is 10.5 Å². The normalized spacial score (nSPS) is 15.0. The van der Waals surface area contributed by atoms with Crippen LogP contribution in [0.3, 0.4) is 0 Å². The van der Waals surface area contributed by atoms with Gasteiger partial charge in [-0.2, -0.15) is 0 Å². The van der Waals surface area contributed by atoms with Crippen LogP contribution in [-0.4, -0.2) is 62.9 Å². The van der Waals surface area contributed by atoms with Crippen molar-refractivity contribution in [3.8, 4) is 0 Å². The first-order valence-corrected chi connectivity index (χ1v) is 7.81. The molecule has 126 valence electrons.